The van der Waals surface area contributed by atoms with Gasteiger partial charge in [0, 0.05) is 38.2 Å². The number of amides is 3. The van der Waals surface area contributed by atoms with Gasteiger partial charge in [-0.3, -0.25) is 19.4 Å². The molecule has 3 fully saturated rings. The SMILES string of the molecule is Cc1ncsc1-c1ccc([C@H](C)NC(=O)[C@@H]2C[C@@H](O)CN2C(=O)[C@@H](NC(=O)COCCOCCN2CCC(c3ccc(-c4cc(Cn5cnc6c(N)ncnc65)c(N5CCC[C@](N)([C@@H](F)CO)C5)cn4)cc3F)CC2)C(C)(C)C)cc1. The summed E-state index contributed by atoms with van der Waals surface area (Å²) in [6, 6.07) is 12.8. The minimum Gasteiger partial charge on any atom is -0.393 e. The van der Waals surface area contributed by atoms with Crippen molar-refractivity contribution in [1.82, 2.24) is 49.9 Å². The largest absolute Gasteiger partial charge is 0.393 e. The van der Waals surface area contributed by atoms with Crippen LogP contribution in [0.1, 0.15) is 94.1 Å². The van der Waals surface area contributed by atoms with E-state index in [0.717, 1.165) is 58.9 Å². The van der Waals surface area contributed by atoms with E-state index in [1.165, 1.54) is 17.3 Å². The molecule has 23 heteroatoms. The summed E-state index contributed by atoms with van der Waals surface area (Å²) in [5, 5.41) is 26.2. The van der Waals surface area contributed by atoms with Crippen molar-refractivity contribution in [3.05, 3.63) is 101 Å². The van der Waals surface area contributed by atoms with E-state index in [9.17, 15) is 29.0 Å². The molecule has 0 bridgehead atoms. The molecule has 3 aliphatic heterocycles. The van der Waals surface area contributed by atoms with Crippen LogP contribution in [-0.2, 0) is 30.4 Å². The molecule has 6 aromatic rings. The summed E-state index contributed by atoms with van der Waals surface area (Å²) in [4.78, 5) is 69.8. The smallest absolute Gasteiger partial charge is 0.246 e. The van der Waals surface area contributed by atoms with Crippen molar-refractivity contribution in [3.63, 3.8) is 0 Å². The number of fused-ring (bicyclic) bond motifs is 1. The summed E-state index contributed by atoms with van der Waals surface area (Å²) < 4.78 is 44.5. The van der Waals surface area contributed by atoms with E-state index in [0.29, 0.717) is 67.1 Å². The number of nitrogens with one attached hydrogen (secondary N) is 2. The molecule has 6 atom stereocenters. The standard InChI is InChI=1S/C58H75F2N13O7S/c1-35(37-7-9-39(10-8-37)51-36(2)67-34-81-51)68-55(77)46-25-42(75)28-73(46)56(78)52(57(3,4)5)69-49(76)30-80-22-21-79-20-19-70-17-13-38(14-18-70)43-12-11-40(23-44(43)59)45-24-41(27-72-33-66-50-53(61)64-32-65-54(50)72)47(26-63-45)71-16-6-15-58(62,31-71)48(60)29-74/h7-12,23-24,26,32-35,38,42,46,48,52,74-75H,6,13-22,25,27-31,62H2,1-5H3,(H,68,77)(H,69,76)(H2,61,64,65)/t35-,42+,46-,48-,52+,58+/m0/s1. The van der Waals surface area contributed by atoms with Crippen molar-refractivity contribution in [3.8, 4) is 21.7 Å². The summed E-state index contributed by atoms with van der Waals surface area (Å²) >= 11 is 1.57. The highest BCUT2D eigenvalue weighted by Crippen LogP contribution is 2.36. The molecule has 20 nitrogen and oxygen atoms in total. The number of piperidine rings is 2. The third-order valence-electron chi connectivity index (χ3n) is 16.0. The van der Waals surface area contributed by atoms with Gasteiger partial charge in [0.25, 0.3) is 0 Å². The fourth-order valence-electron chi connectivity index (χ4n) is 11.3. The monoisotopic (exact) mass is 1140 g/mol. The van der Waals surface area contributed by atoms with Gasteiger partial charge in [-0.25, -0.2) is 28.7 Å². The van der Waals surface area contributed by atoms with Crippen LogP contribution in [0.15, 0.2) is 72.9 Å². The lowest BCUT2D eigenvalue weighted by molar-refractivity contribution is -0.144. The van der Waals surface area contributed by atoms with Crippen LogP contribution in [0.4, 0.5) is 20.3 Å². The zero-order valence-electron chi connectivity index (χ0n) is 46.7. The van der Waals surface area contributed by atoms with E-state index in [4.69, 9.17) is 25.9 Å². The van der Waals surface area contributed by atoms with E-state index >= 15 is 4.39 Å². The highest BCUT2D eigenvalue weighted by Gasteiger charge is 2.45. The van der Waals surface area contributed by atoms with Crippen LogP contribution < -0.4 is 27.0 Å². The first kappa shape index (κ1) is 59.0. The number of aliphatic hydroxyl groups excluding tert-OH is 2. The second-order valence-corrected chi connectivity index (χ2v) is 23.7. The highest BCUT2D eigenvalue weighted by molar-refractivity contribution is 7.13. The number of nitrogen functional groups attached to an aromatic ring is 1. The van der Waals surface area contributed by atoms with Gasteiger partial charge < -0.3 is 61.1 Å². The van der Waals surface area contributed by atoms with Gasteiger partial charge in [0.15, 0.2) is 11.5 Å². The Bertz CT molecular complexity index is 3150. The van der Waals surface area contributed by atoms with Crippen LogP contribution in [0.25, 0.3) is 32.9 Å². The van der Waals surface area contributed by atoms with E-state index in [1.54, 1.807) is 23.9 Å². The van der Waals surface area contributed by atoms with Crippen LogP contribution >= 0.6 is 11.3 Å². The molecular formula is C58H75F2N13O7S. The maximum absolute atomic E-state index is 16.1. The molecule has 7 heterocycles. The average molecular weight is 1140 g/mol. The number of alkyl halides is 1. The minimum absolute atomic E-state index is 0.0264. The third kappa shape index (κ3) is 13.8. The minimum atomic E-state index is -1.59. The predicted octanol–water partition coefficient (Wildman–Crippen LogP) is 5.30. The first-order valence-electron chi connectivity index (χ1n) is 27.8. The summed E-state index contributed by atoms with van der Waals surface area (Å²) in [5.74, 6) is -1.36. The number of rotatable bonds is 21. The van der Waals surface area contributed by atoms with E-state index in [2.05, 4.69) is 35.5 Å². The molecule has 434 valence electrons. The number of benzene rings is 2. The molecule has 0 aliphatic carbocycles. The number of aromatic nitrogens is 6. The van der Waals surface area contributed by atoms with Crippen LogP contribution in [0.3, 0.4) is 0 Å². The fourth-order valence-corrected chi connectivity index (χ4v) is 12.1. The Balaban J connectivity index is 0.718. The number of thiazole rings is 1. The zero-order chi connectivity index (χ0) is 57.6. The number of halogens is 2. The van der Waals surface area contributed by atoms with Gasteiger partial charge in [0.2, 0.25) is 17.7 Å². The van der Waals surface area contributed by atoms with Crippen molar-refractivity contribution in [2.75, 3.05) is 82.9 Å². The van der Waals surface area contributed by atoms with Gasteiger partial charge in [-0.15, -0.1) is 11.3 Å². The fraction of sp³-hybridized carbons (Fsp3) is 0.517. The molecule has 3 aliphatic rings. The second-order valence-electron chi connectivity index (χ2n) is 22.8. The number of imidazole rings is 1. The number of aryl methyl sites for hydroxylation is 1. The van der Waals surface area contributed by atoms with Crippen molar-refractivity contribution < 1.29 is 42.9 Å². The second kappa shape index (κ2) is 25.7. The van der Waals surface area contributed by atoms with Gasteiger partial charge >= 0.3 is 0 Å². The van der Waals surface area contributed by atoms with Crippen molar-refractivity contribution in [1.29, 1.82) is 0 Å². The van der Waals surface area contributed by atoms with Gasteiger partial charge in [0.05, 0.1) is 90.6 Å². The summed E-state index contributed by atoms with van der Waals surface area (Å²) in [7, 11) is 0. The molecule has 0 radical (unpaired) electrons. The molecule has 2 aromatic carbocycles. The number of β-amino-alcohol motifs (C(OH)–C–C–N with tert-alkyl or cyclic N) is 1. The lowest BCUT2D eigenvalue weighted by atomic mass is 9.85. The number of hydrogen-bond acceptors (Lipinski definition) is 17. The van der Waals surface area contributed by atoms with Crippen LogP contribution in [0.5, 0.6) is 0 Å². The molecule has 0 spiro atoms. The molecule has 9 rings (SSSR count). The first-order valence-corrected chi connectivity index (χ1v) is 28.6. The Kier molecular flexibility index (Phi) is 18.7. The third-order valence-corrected chi connectivity index (χ3v) is 16.9. The van der Waals surface area contributed by atoms with Gasteiger partial charge in [0.1, 0.15) is 42.5 Å². The number of carbonyl (C=O) groups is 3. The average Bonchev–Trinajstić information content (AvgIpc) is 4.21. The number of carbonyl (C=O) groups excluding carboxylic acids is 3. The Hall–Kier alpha value is -6.60. The summed E-state index contributed by atoms with van der Waals surface area (Å²) in [6.45, 7) is 12.4. The Morgan fingerprint density at radius 2 is 1.72 bits per heavy atom. The zero-order valence-corrected chi connectivity index (χ0v) is 47.5. The van der Waals surface area contributed by atoms with Crippen molar-refractivity contribution in [2.24, 2.45) is 11.1 Å². The molecule has 81 heavy (non-hydrogen) atoms. The van der Waals surface area contributed by atoms with Gasteiger partial charge in [-0.1, -0.05) is 57.2 Å². The first-order chi connectivity index (χ1) is 38.8. The maximum atomic E-state index is 16.1. The highest BCUT2D eigenvalue weighted by atomic mass is 32.1. The summed E-state index contributed by atoms with van der Waals surface area (Å²) in [6.07, 6.45) is 4.89. The number of aliphatic hydroxyl groups is 2. The van der Waals surface area contributed by atoms with E-state index in [1.807, 2.05) is 92.1 Å². The van der Waals surface area contributed by atoms with E-state index in [-0.39, 0.29) is 68.8 Å². The van der Waals surface area contributed by atoms with Crippen LogP contribution in [0.2, 0.25) is 0 Å². The number of ether oxygens (including phenoxy) is 2. The number of nitrogens with zero attached hydrogens (tertiary/aromatic N) is 9. The summed E-state index contributed by atoms with van der Waals surface area (Å²) in [5.41, 5.74) is 19.7. The van der Waals surface area contributed by atoms with Crippen LogP contribution in [-0.4, -0.2) is 169 Å². The number of anilines is 2. The van der Waals surface area contributed by atoms with Crippen molar-refractivity contribution in [2.45, 2.75) is 115 Å². The molecule has 3 amide bonds. The predicted molar refractivity (Wildman–Crippen MR) is 305 cm³/mol. The van der Waals surface area contributed by atoms with Crippen LogP contribution in [0, 0.1) is 18.2 Å². The maximum Gasteiger partial charge on any atom is 0.246 e. The Morgan fingerprint density at radius 3 is 2.43 bits per heavy atom. The quantitative estimate of drug-likeness (QED) is 0.0500. The normalized spacial score (nSPS) is 20.4. The Morgan fingerprint density at radius 1 is 0.963 bits per heavy atom. The molecule has 8 N–H and O–H groups in total. The molecule has 0 saturated carbocycles. The number of pyridine rings is 1. The molecule has 4 aromatic heterocycles. The molecule has 0 unspecified atom stereocenters. The Labute approximate surface area is 474 Å². The van der Waals surface area contributed by atoms with Crippen molar-refractivity contribution >= 4 is 51.7 Å². The lowest BCUT2D eigenvalue weighted by Crippen LogP contribution is -2.61. The number of likely N-dealkylation sites (tertiary alicyclic amines) is 2. The topological polar surface area (TPSA) is 265 Å². The number of nitrogens with two attached hydrogens (primary N) is 2. The van der Waals surface area contributed by atoms with Gasteiger partial charge in [-0.2, -0.15) is 0 Å². The lowest BCUT2D eigenvalue weighted by Gasteiger charge is -2.43. The number of hydrogen-bond donors (Lipinski definition) is 6. The van der Waals surface area contributed by atoms with E-state index < -0.39 is 53.7 Å². The molecular weight excluding hydrogens is 1060 g/mol. The van der Waals surface area contributed by atoms with Gasteiger partial charge in [-0.05, 0) is 98.3 Å². The molecule has 3 saturated heterocycles.